The lowest BCUT2D eigenvalue weighted by Gasteiger charge is -2.07. The zero-order valence-electron chi connectivity index (χ0n) is 12.2. The minimum absolute atomic E-state index is 0.00268. The van der Waals surface area contributed by atoms with Crippen LogP contribution < -0.4 is 5.32 Å². The number of benzene rings is 1. The number of nitrogens with one attached hydrogen (secondary N) is 1. The van der Waals surface area contributed by atoms with Crippen molar-refractivity contribution in [3.8, 4) is 0 Å². The van der Waals surface area contributed by atoms with E-state index in [1.165, 1.54) is 6.07 Å². The van der Waals surface area contributed by atoms with Crippen molar-refractivity contribution in [2.45, 2.75) is 0 Å². The van der Waals surface area contributed by atoms with Gasteiger partial charge in [-0.05, 0) is 12.1 Å². The van der Waals surface area contributed by atoms with E-state index in [1.807, 2.05) is 0 Å². The second-order valence-corrected chi connectivity index (χ2v) is 5.31. The van der Waals surface area contributed by atoms with Crippen LogP contribution in [0.3, 0.4) is 0 Å². The van der Waals surface area contributed by atoms with Crippen molar-refractivity contribution in [1.29, 1.82) is 0 Å². The molecule has 1 heterocycles. The number of carbonyl (C=O) groups excluding carboxylic acids is 2. The van der Waals surface area contributed by atoms with Crippen LogP contribution in [0.4, 0.5) is 15.8 Å². The van der Waals surface area contributed by atoms with Gasteiger partial charge in [-0.15, -0.1) is 0 Å². The second-order valence-electron chi connectivity index (χ2n) is 4.54. The predicted molar refractivity (Wildman–Crippen MR) is 86.2 cm³/mol. The monoisotopic (exact) mass is 387 g/mol. The van der Waals surface area contributed by atoms with E-state index in [0.717, 1.165) is 24.4 Å². The smallest absolute Gasteiger partial charge is 0.340 e. The Morgan fingerprint density at radius 2 is 2.04 bits per heavy atom. The van der Waals surface area contributed by atoms with Crippen LogP contribution in [0.15, 0.2) is 30.5 Å². The van der Waals surface area contributed by atoms with E-state index in [4.69, 9.17) is 27.9 Å². The number of anilines is 1. The summed E-state index contributed by atoms with van der Waals surface area (Å²) < 4.78 is 18.3. The van der Waals surface area contributed by atoms with Gasteiger partial charge in [0.15, 0.2) is 6.61 Å². The number of hydrogen-bond donors (Lipinski definition) is 1. The van der Waals surface area contributed by atoms with Gasteiger partial charge in [0.1, 0.15) is 11.0 Å². The summed E-state index contributed by atoms with van der Waals surface area (Å²) >= 11 is 11.3. The van der Waals surface area contributed by atoms with Crippen LogP contribution in [0, 0.1) is 15.9 Å². The first-order chi connectivity index (χ1) is 11.8. The number of aromatic nitrogens is 1. The Hall–Kier alpha value is -2.78. The Bertz CT molecular complexity index is 862. The molecule has 1 N–H and O–H groups in total. The summed E-state index contributed by atoms with van der Waals surface area (Å²) in [5.41, 5.74) is -0.856. The van der Waals surface area contributed by atoms with Crippen molar-refractivity contribution in [2.24, 2.45) is 0 Å². The SMILES string of the molecule is O=C(COC(=O)c1cnc(Cl)c(Cl)c1)Nc1cc([N+](=O)[O-])ccc1F. The Labute approximate surface area is 149 Å². The molecule has 2 rings (SSSR count). The van der Waals surface area contributed by atoms with Crippen molar-refractivity contribution in [3.63, 3.8) is 0 Å². The molecule has 0 atom stereocenters. The first-order valence-electron chi connectivity index (χ1n) is 6.50. The van der Waals surface area contributed by atoms with Gasteiger partial charge in [0.2, 0.25) is 0 Å². The number of esters is 1. The van der Waals surface area contributed by atoms with E-state index in [2.05, 4.69) is 10.3 Å². The highest BCUT2D eigenvalue weighted by atomic mass is 35.5. The van der Waals surface area contributed by atoms with Gasteiger partial charge in [0.25, 0.3) is 11.6 Å². The van der Waals surface area contributed by atoms with Gasteiger partial charge in [0.05, 0.1) is 21.2 Å². The van der Waals surface area contributed by atoms with Crippen LogP contribution in [0.5, 0.6) is 0 Å². The molecular weight excluding hydrogens is 380 g/mol. The molecule has 0 saturated carbocycles. The van der Waals surface area contributed by atoms with Crippen LogP contribution in [0.1, 0.15) is 10.4 Å². The zero-order chi connectivity index (χ0) is 18.6. The quantitative estimate of drug-likeness (QED) is 0.364. The lowest BCUT2D eigenvalue weighted by molar-refractivity contribution is -0.384. The van der Waals surface area contributed by atoms with Gasteiger partial charge in [-0.25, -0.2) is 14.2 Å². The minimum atomic E-state index is -0.902. The van der Waals surface area contributed by atoms with Gasteiger partial charge in [-0.2, -0.15) is 0 Å². The highest BCUT2D eigenvalue weighted by Gasteiger charge is 2.16. The Morgan fingerprint density at radius 1 is 1.32 bits per heavy atom. The molecule has 0 spiro atoms. The number of nitrogens with zero attached hydrogens (tertiary/aromatic N) is 2. The number of hydrogen-bond acceptors (Lipinski definition) is 6. The number of nitro benzene ring substituents is 1. The fourth-order valence-corrected chi connectivity index (χ4v) is 1.93. The summed E-state index contributed by atoms with van der Waals surface area (Å²) in [5, 5.41) is 12.7. The molecule has 0 fully saturated rings. The normalized spacial score (nSPS) is 10.2. The maximum absolute atomic E-state index is 13.6. The molecular formula is C14H8Cl2FN3O5. The molecule has 0 saturated heterocycles. The number of non-ortho nitro benzene ring substituents is 1. The largest absolute Gasteiger partial charge is 0.452 e. The van der Waals surface area contributed by atoms with Crippen molar-refractivity contribution < 1.29 is 23.6 Å². The number of ether oxygens (including phenoxy) is 1. The van der Waals surface area contributed by atoms with E-state index < -0.39 is 40.6 Å². The van der Waals surface area contributed by atoms with Crippen LogP contribution in [-0.4, -0.2) is 28.4 Å². The Morgan fingerprint density at radius 3 is 2.68 bits per heavy atom. The van der Waals surface area contributed by atoms with Gasteiger partial charge in [-0.1, -0.05) is 23.2 Å². The summed E-state index contributed by atoms with van der Waals surface area (Å²) in [7, 11) is 0. The van der Waals surface area contributed by atoms with Gasteiger partial charge in [0, 0.05) is 18.3 Å². The molecule has 0 aliphatic heterocycles. The molecule has 11 heteroatoms. The van der Waals surface area contributed by atoms with Crippen molar-refractivity contribution in [2.75, 3.05) is 11.9 Å². The summed E-state index contributed by atoms with van der Waals surface area (Å²) in [4.78, 5) is 37.0. The van der Waals surface area contributed by atoms with Crippen LogP contribution >= 0.6 is 23.2 Å². The molecule has 2 aromatic rings. The molecule has 1 aromatic carbocycles. The lowest BCUT2D eigenvalue weighted by atomic mass is 10.2. The predicted octanol–water partition coefficient (Wildman–Crippen LogP) is 3.23. The standard InChI is InChI=1S/C14H8Cl2FN3O5/c15-9-3-7(5-18-13(9)16)14(22)25-6-12(21)19-11-4-8(20(23)24)1-2-10(11)17/h1-5H,6H2,(H,19,21). The number of halogens is 3. The molecule has 130 valence electrons. The van der Waals surface area contributed by atoms with Gasteiger partial charge < -0.3 is 10.1 Å². The molecule has 0 aliphatic rings. The van der Waals surface area contributed by atoms with E-state index in [0.29, 0.717) is 0 Å². The Kier molecular flexibility index (Phi) is 5.84. The lowest BCUT2D eigenvalue weighted by Crippen LogP contribution is -2.21. The highest BCUT2D eigenvalue weighted by molar-refractivity contribution is 6.41. The van der Waals surface area contributed by atoms with Crippen LogP contribution in [0.2, 0.25) is 10.2 Å². The average Bonchev–Trinajstić information content (AvgIpc) is 2.57. The summed E-state index contributed by atoms with van der Waals surface area (Å²) in [6, 6.07) is 3.83. The van der Waals surface area contributed by atoms with Crippen molar-refractivity contribution >= 4 is 46.5 Å². The number of pyridine rings is 1. The third kappa shape index (κ3) is 4.85. The molecule has 8 nitrogen and oxygen atoms in total. The summed E-state index contributed by atoms with van der Waals surface area (Å²) in [5.74, 6) is -2.67. The number of rotatable bonds is 5. The maximum atomic E-state index is 13.6. The first kappa shape index (κ1) is 18.6. The molecule has 25 heavy (non-hydrogen) atoms. The molecule has 0 radical (unpaired) electrons. The van der Waals surface area contributed by atoms with E-state index >= 15 is 0 Å². The van der Waals surface area contributed by atoms with Crippen LogP contribution in [-0.2, 0) is 9.53 Å². The molecule has 0 unspecified atom stereocenters. The maximum Gasteiger partial charge on any atom is 0.340 e. The zero-order valence-corrected chi connectivity index (χ0v) is 13.7. The van der Waals surface area contributed by atoms with Crippen molar-refractivity contribution in [3.05, 3.63) is 62.1 Å². The minimum Gasteiger partial charge on any atom is -0.452 e. The fraction of sp³-hybridized carbons (Fsp3) is 0.0714. The Balaban J connectivity index is 1.98. The van der Waals surface area contributed by atoms with Crippen LogP contribution in [0.25, 0.3) is 0 Å². The van der Waals surface area contributed by atoms with Gasteiger partial charge >= 0.3 is 5.97 Å². The van der Waals surface area contributed by atoms with Crippen molar-refractivity contribution in [1.82, 2.24) is 4.98 Å². The second kappa shape index (κ2) is 7.86. The van der Waals surface area contributed by atoms with Gasteiger partial charge in [-0.3, -0.25) is 14.9 Å². The molecule has 1 aromatic heterocycles. The average molecular weight is 388 g/mol. The van der Waals surface area contributed by atoms with E-state index in [9.17, 15) is 24.1 Å². The fourth-order valence-electron chi connectivity index (χ4n) is 1.66. The highest BCUT2D eigenvalue weighted by Crippen LogP contribution is 2.22. The topological polar surface area (TPSA) is 111 Å². The number of amides is 1. The third-order valence-corrected chi connectivity index (χ3v) is 3.49. The molecule has 0 bridgehead atoms. The third-order valence-electron chi connectivity index (χ3n) is 2.80. The number of nitro groups is 1. The first-order valence-corrected chi connectivity index (χ1v) is 7.25. The van der Waals surface area contributed by atoms with E-state index in [1.54, 1.807) is 0 Å². The summed E-state index contributed by atoms with van der Waals surface area (Å²) in [6.45, 7) is -0.749. The van der Waals surface area contributed by atoms with E-state index in [-0.39, 0.29) is 15.7 Å². The molecule has 1 amide bonds. The summed E-state index contributed by atoms with van der Waals surface area (Å²) in [6.07, 6.45) is 1.11. The number of carbonyl (C=O) groups is 2. The molecule has 0 aliphatic carbocycles.